The van der Waals surface area contributed by atoms with Crippen LogP contribution < -0.4 is 5.32 Å². The summed E-state index contributed by atoms with van der Waals surface area (Å²) in [6.45, 7) is 4.82. The van der Waals surface area contributed by atoms with E-state index in [1.165, 1.54) is 17.2 Å². The topological polar surface area (TPSA) is 58.6 Å². The van der Waals surface area contributed by atoms with Crippen LogP contribution in [0, 0.1) is 34.8 Å². The Morgan fingerprint density at radius 2 is 1.85 bits per heavy atom. The van der Waals surface area contributed by atoms with Gasteiger partial charge in [-0.15, -0.1) is 0 Å². The predicted octanol–water partition coefficient (Wildman–Crippen LogP) is 6.39. The van der Waals surface area contributed by atoms with Gasteiger partial charge in [0.2, 0.25) is 5.91 Å². The summed E-state index contributed by atoms with van der Waals surface area (Å²) < 4.78 is 32.4. The van der Waals surface area contributed by atoms with E-state index in [4.69, 9.17) is 4.74 Å². The predicted molar refractivity (Wildman–Crippen MR) is 146 cm³/mol. The van der Waals surface area contributed by atoms with Gasteiger partial charge in [-0.2, -0.15) is 0 Å². The van der Waals surface area contributed by atoms with Crippen molar-refractivity contribution in [1.29, 1.82) is 0 Å². The summed E-state index contributed by atoms with van der Waals surface area (Å²) in [5.41, 5.74) is 3.84. The smallest absolute Gasteiger partial charge is 0.222 e. The minimum atomic E-state index is -0.864. The van der Waals surface area contributed by atoms with Gasteiger partial charge in [-0.25, -0.2) is 8.78 Å². The lowest BCUT2D eigenvalue weighted by Crippen LogP contribution is -2.44. The molecule has 3 fully saturated rings. The maximum Gasteiger partial charge on any atom is 0.222 e. The summed E-state index contributed by atoms with van der Waals surface area (Å²) in [5, 5.41) is 3.22. The lowest BCUT2D eigenvalue weighted by Gasteiger charge is -2.50. The molecule has 1 saturated heterocycles. The number of anilines is 2. The molecule has 1 amide bonds. The first-order chi connectivity index (χ1) is 18.8. The van der Waals surface area contributed by atoms with Crippen molar-refractivity contribution in [1.82, 2.24) is 4.90 Å². The van der Waals surface area contributed by atoms with E-state index in [0.29, 0.717) is 74.3 Å². The van der Waals surface area contributed by atoms with Crippen LogP contribution in [0.5, 0.6) is 0 Å². The summed E-state index contributed by atoms with van der Waals surface area (Å²) in [6, 6.07) is 10.2. The number of rotatable bonds is 6. The maximum absolute atomic E-state index is 13.7. The highest BCUT2D eigenvalue weighted by Gasteiger charge is 2.58. The van der Waals surface area contributed by atoms with Crippen LogP contribution in [0.15, 0.2) is 36.4 Å². The zero-order valence-corrected chi connectivity index (χ0v) is 22.7. The normalized spacial score (nSPS) is 29.9. The molecule has 2 aromatic carbocycles. The molecule has 5 nitrogen and oxygen atoms in total. The highest BCUT2D eigenvalue weighted by molar-refractivity contribution is 5.87. The van der Waals surface area contributed by atoms with Crippen molar-refractivity contribution in [3.63, 3.8) is 0 Å². The first-order valence-corrected chi connectivity index (χ1v) is 14.6. The zero-order valence-electron chi connectivity index (χ0n) is 22.7. The fourth-order valence-corrected chi connectivity index (χ4v) is 8.21. The number of nitrogens with zero attached hydrogens (tertiary/aromatic N) is 1. The number of morpholine rings is 1. The number of halogens is 2. The summed E-state index contributed by atoms with van der Waals surface area (Å²) >= 11 is 0. The Morgan fingerprint density at radius 1 is 1.08 bits per heavy atom. The molecular formula is C32H38F2N2O3. The minimum Gasteiger partial charge on any atom is -0.378 e. The highest BCUT2D eigenvalue weighted by atomic mass is 19.2. The Labute approximate surface area is 229 Å². The number of benzene rings is 2. The third-order valence-corrected chi connectivity index (χ3v) is 10.1. The number of amides is 1. The van der Waals surface area contributed by atoms with Gasteiger partial charge >= 0.3 is 0 Å². The Bertz CT molecular complexity index is 1260. The van der Waals surface area contributed by atoms with Gasteiger partial charge in [0.15, 0.2) is 11.6 Å². The highest BCUT2D eigenvalue weighted by Crippen LogP contribution is 2.62. The lowest BCUT2D eigenvalue weighted by atomic mass is 9.54. The molecule has 0 radical (unpaired) electrons. The van der Waals surface area contributed by atoms with Crippen LogP contribution in [0.3, 0.4) is 0 Å². The molecule has 0 bridgehead atoms. The van der Waals surface area contributed by atoms with Crippen LogP contribution in [-0.2, 0) is 20.7 Å². The Morgan fingerprint density at radius 3 is 2.64 bits per heavy atom. The first kappa shape index (κ1) is 26.4. The molecule has 7 heteroatoms. The van der Waals surface area contributed by atoms with Gasteiger partial charge in [0.25, 0.3) is 0 Å². The quantitative estimate of drug-likeness (QED) is 0.465. The number of carbonyl (C=O) groups is 2. The molecule has 0 aromatic heterocycles. The maximum atomic E-state index is 13.7. The summed E-state index contributed by atoms with van der Waals surface area (Å²) in [4.78, 5) is 27.9. The van der Waals surface area contributed by atoms with Crippen molar-refractivity contribution in [2.75, 3.05) is 31.6 Å². The summed E-state index contributed by atoms with van der Waals surface area (Å²) in [7, 11) is 0. The minimum absolute atomic E-state index is 0.214. The molecule has 2 saturated carbocycles. The van der Waals surface area contributed by atoms with Crippen molar-refractivity contribution >= 4 is 23.1 Å². The average molecular weight is 537 g/mol. The molecule has 39 heavy (non-hydrogen) atoms. The first-order valence-electron chi connectivity index (χ1n) is 14.6. The molecule has 0 spiro atoms. The second kappa shape index (κ2) is 10.6. The SMILES string of the molecule is C[C@]12CC[C@@H]3c4ccc(Nc5ccc(F)c(F)c5)cc4CC[C@H]3[C@@H]1[C@@H](CCCC(=O)N1CCOCC1)CC2=O. The number of hydrogen-bond donors (Lipinski definition) is 1. The van der Waals surface area contributed by atoms with E-state index in [-0.39, 0.29) is 11.3 Å². The van der Waals surface area contributed by atoms with Crippen LogP contribution in [0.4, 0.5) is 20.2 Å². The van der Waals surface area contributed by atoms with Gasteiger partial charge in [-0.3, -0.25) is 9.59 Å². The number of ketones is 1. The molecule has 208 valence electrons. The number of nitrogens with one attached hydrogen (secondary N) is 1. The van der Waals surface area contributed by atoms with E-state index >= 15 is 0 Å². The van der Waals surface area contributed by atoms with Gasteiger partial charge in [-0.05, 0) is 97.6 Å². The number of Topliss-reactive ketones (excluding diaryl/α,β-unsaturated/α-hetero) is 1. The van der Waals surface area contributed by atoms with Crippen molar-refractivity contribution < 1.29 is 23.1 Å². The van der Waals surface area contributed by atoms with E-state index in [0.717, 1.165) is 50.3 Å². The molecule has 1 heterocycles. The van der Waals surface area contributed by atoms with Crippen LogP contribution in [0.2, 0.25) is 0 Å². The Hall–Kier alpha value is -2.80. The van der Waals surface area contributed by atoms with Gasteiger partial charge in [0, 0.05) is 48.8 Å². The molecule has 1 aliphatic heterocycles. The number of ether oxygens (including phenoxy) is 1. The Kier molecular flexibility index (Phi) is 7.21. The third kappa shape index (κ3) is 4.99. The molecular weight excluding hydrogens is 498 g/mol. The Balaban J connectivity index is 1.15. The zero-order chi connectivity index (χ0) is 27.1. The molecule has 6 rings (SSSR count). The largest absolute Gasteiger partial charge is 0.378 e. The number of aryl methyl sites for hydroxylation is 1. The lowest BCUT2D eigenvalue weighted by molar-refractivity contribution is -0.135. The third-order valence-electron chi connectivity index (χ3n) is 10.1. The number of hydrogen-bond acceptors (Lipinski definition) is 4. The second-order valence-electron chi connectivity index (χ2n) is 12.2. The molecule has 1 N–H and O–H groups in total. The fraction of sp³-hybridized carbons (Fsp3) is 0.562. The monoisotopic (exact) mass is 536 g/mol. The van der Waals surface area contributed by atoms with Gasteiger partial charge in [-0.1, -0.05) is 13.0 Å². The van der Waals surface area contributed by atoms with Gasteiger partial charge in [0.1, 0.15) is 5.78 Å². The van der Waals surface area contributed by atoms with Crippen LogP contribution >= 0.6 is 0 Å². The summed E-state index contributed by atoms with van der Waals surface area (Å²) in [6.07, 6.45) is 6.95. The van der Waals surface area contributed by atoms with Gasteiger partial charge < -0.3 is 15.0 Å². The molecule has 3 aliphatic carbocycles. The standard InChI is InChI=1S/C32H38F2N2O3/c1-32-12-11-25-24-9-6-22(35-23-7-10-27(33)28(34)19-23)17-20(24)5-8-26(25)31(32)21(18-29(32)37)3-2-4-30(38)36-13-15-39-16-14-36/h6-7,9-10,17,19,21,25-26,31,35H,2-5,8,11-16,18H2,1H3/t21-,25+,26+,31-,32+/m0/s1. The van der Waals surface area contributed by atoms with Crippen LogP contribution in [-0.4, -0.2) is 42.9 Å². The molecule has 5 atom stereocenters. The summed E-state index contributed by atoms with van der Waals surface area (Å²) in [5.74, 6) is 0.559. The van der Waals surface area contributed by atoms with Crippen LogP contribution in [0.1, 0.15) is 68.9 Å². The van der Waals surface area contributed by atoms with Crippen molar-refractivity contribution in [2.24, 2.45) is 23.2 Å². The van der Waals surface area contributed by atoms with E-state index in [1.807, 2.05) is 11.0 Å². The van der Waals surface area contributed by atoms with E-state index in [9.17, 15) is 18.4 Å². The fourth-order valence-electron chi connectivity index (χ4n) is 8.21. The van der Waals surface area contributed by atoms with Crippen molar-refractivity contribution in [3.8, 4) is 0 Å². The van der Waals surface area contributed by atoms with Crippen molar-refractivity contribution in [2.45, 2.75) is 64.2 Å². The van der Waals surface area contributed by atoms with Crippen molar-refractivity contribution in [3.05, 3.63) is 59.2 Å². The number of fused-ring (bicyclic) bond motifs is 5. The van der Waals surface area contributed by atoms with E-state index in [1.54, 1.807) is 6.07 Å². The molecule has 4 aliphatic rings. The molecule has 2 aromatic rings. The second-order valence-corrected chi connectivity index (χ2v) is 12.2. The van der Waals surface area contributed by atoms with E-state index < -0.39 is 11.6 Å². The van der Waals surface area contributed by atoms with E-state index in [2.05, 4.69) is 24.4 Å². The number of carbonyl (C=O) groups excluding carboxylic acids is 2. The van der Waals surface area contributed by atoms with Gasteiger partial charge in [0.05, 0.1) is 13.2 Å². The average Bonchev–Trinajstić information content (AvgIpc) is 3.20. The van der Waals surface area contributed by atoms with Crippen LogP contribution in [0.25, 0.3) is 0 Å². The molecule has 0 unspecified atom stereocenters.